The number of amides is 1. The van der Waals surface area contributed by atoms with E-state index in [9.17, 15) is 9.59 Å². The highest BCUT2D eigenvalue weighted by molar-refractivity contribution is 8.14. The highest BCUT2D eigenvalue weighted by atomic mass is 32.2. The Labute approximate surface area is 114 Å². The maximum Gasteiger partial charge on any atom is 0.231 e. The summed E-state index contributed by atoms with van der Waals surface area (Å²) in [5.74, 6) is 0.990. The zero-order valence-corrected chi connectivity index (χ0v) is 11.6. The van der Waals surface area contributed by atoms with E-state index in [2.05, 4.69) is 10.3 Å². The number of nitrogens with zero attached hydrogens (tertiary/aromatic N) is 1. The molecule has 0 spiro atoms. The SMILES string of the molecule is Cc1ccc(SCC(=O)N[C@H]2CCSC2=O)nc1. The second-order valence-electron chi connectivity index (χ2n) is 4.04. The van der Waals surface area contributed by atoms with Gasteiger partial charge in [0.05, 0.1) is 16.8 Å². The van der Waals surface area contributed by atoms with Gasteiger partial charge in [-0.25, -0.2) is 4.98 Å². The zero-order valence-electron chi connectivity index (χ0n) is 10.0. The van der Waals surface area contributed by atoms with E-state index in [1.54, 1.807) is 6.20 Å². The van der Waals surface area contributed by atoms with Crippen LogP contribution in [0.15, 0.2) is 23.4 Å². The first-order valence-corrected chi connectivity index (χ1v) is 7.64. The summed E-state index contributed by atoms with van der Waals surface area (Å²) in [5, 5.41) is 3.65. The van der Waals surface area contributed by atoms with Crippen molar-refractivity contribution in [3.8, 4) is 0 Å². The summed E-state index contributed by atoms with van der Waals surface area (Å²) in [4.78, 5) is 27.2. The molecule has 1 aliphatic rings. The summed E-state index contributed by atoms with van der Waals surface area (Å²) in [6, 6.07) is 3.56. The van der Waals surface area contributed by atoms with Crippen molar-refractivity contribution >= 4 is 34.5 Å². The number of carbonyl (C=O) groups is 2. The minimum atomic E-state index is -0.297. The Morgan fingerprint density at radius 2 is 2.44 bits per heavy atom. The van der Waals surface area contributed by atoms with Crippen molar-refractivity contribution in [2.24, 2.45) is 0 Å². The lowest BCUT2D eigenvalue weighted by Crippen LogP contribution is -2.38. The fourth-order valence-electron chi connectivity index (χ4n) is 1.54. The largest absolute Gasteiger partial charge is 0.345 e. The van der Waals surface area contributed by atoms with E-state index < -0.39 is 0 Å². The van der Waals surface area contributed by atoms with E-state index in [0.29, 0.717) is 5.75 Å². The Bertz CT molecular complexity index is 448. The van der Waals surface area contributed by atoms with Gasteiger partial charge in [0.1, 0.15) is 0 Å². The predicted octanol–water partition coefficient (Wildman–Crippen LogP) is 1.63. The van der Waals surface area contributed by atoms with Crippen molar-refractivity contribution in [1.82, 2.24) is 10.3 Å². The summed E-state index contributed by atoms with van der Waals surface area (Å²) in [6.07, 6.45) is 2.51. The summed E-state index contributed by atoms with van der Waals surface area (Å²) in [6.45, 7) is 1.97. The van der Waals surface area contributed by atoms with Gasteiger partial charge in [0.2, 0.25) is 11.0 Å². The summed E-state index contributed by atoms with van der Waals surface area (Å²) in [7, 11) is 0. The molecular formula is C12H14N2O2S2. The molecule has 2 heterocycles. The smallest absolute Gasteiger partial charge is 0.231 e. The Kier molecular flexibility index (Phi) is 4.66. The van der Waals surface area contributed by atoms with Crippen LogP contribution in [0.2, 0.25) is 0 Å². The van der Waals surface area contributed by atoms with Crippen LogP contribution >= 0.6 is 23.5 Å². The summed E-state index contributed by atoms with van der Waals surface area (Å²) >= 11 is 2.67. The quantitative estimate of drug-likeness (QED) is 0.851. The number of aryl methyl sites for hydroxylation is 1. The van der Waals surface area contributed by atoms with Crippen LogP contribution in [0.4, 0.5) is 0 Å². The third-order valence-corrected chi connectivity index (χ3v) is 4.46. The molecule has 96 valence electrons. The van der Waals surface area contributed by atoms with E-state index >= 15 is 0 Å². The average molecular weight is 282 g/mol. The van der Waals surface area contributed by atoms with Crippen LogP contribution in [0.3, 0.4) is 0 Å². The van der Waals surface area contributed by atoms with E-state index in [-0.39, 0.29) is 17.1 Å². The molecule has 1 aliphatic heterocycles. The van der Waals surface area contributed by atoms with E-state index in [1.165, 1.54) is 23.5 Å². The molecule has 18 heavy (non-hydrogen) atoms. The monoisotopic (exact) mass is 282 g/mol. The van der Waals surface area contributed by atoms with Crippen LogP contribution in [-0.4, -0.2) is 33.6 Å². The Hall–Kier alpha value is -1.01. The molecule has 2 rings (SSSR count). The molecule has 4 nitrogen and oxygen atoms in total. The topological polar surface area (TPSA) is 59.1 Å². The Morgan fingerprint density at radius 3 is 3.06 bits per heavy atom. The number of rotatable bonds is 4. The van der Waals surface area contributed by atoms with Crippen molar-refractivity contribution < 1.29 is 9.59 Å². The molecule has 1 N–H and O–H groups in total. The first kappa shape index (κ1) is 13.4. The van der Waals surface area contributed by atoms with Crippen molar-refractivity contribution in [1.29, 1.82) is 0 Å². The molecule has 0 aromatic carbocycles. The average Bonchev–Trinajstić information content (AvgIpc) is 2.74. The summed E-state index contributed by atoms with van der Waals surface area (Å²) < 4.78 is 0. The van der Waals surface area contributed by atoms with Crippen LogP contribution in [0.5, 0.6) is 0 Å². The van der Waals surface area contributed by atoms with Gasteiger partial charge >= 0.3 is 0 Å². The molecule has 0 bridgehead atoms. The molecule has 6 heteroatoms. The van der Waals surface area contributed by atoms with Gasteiger partial charge in [-0.15, -0.1) is 0 Å². The van der Waals surface area contributed by atoms with Crippen LogP contribution in [-0.2, 0) is 9.59 Å². The van der Waals surface area contributed by atoms with Crippen molar-refractivity contribution in [3.05, 3.63) is 23.9 Å². The fraction of sp³-hybridized carbons (Fsp3) is 0.417. The van der Waals surface area contributed by atoms with Crippen molar-refractivity contribution in [3.63, 3.8) is 0 Å². The van der Waals surface area contributed by atoms with Gasteiger partial charge in [-0.1, -0.05) is 29.6 Å². The minimum absolute atomic E-state index is 0.0711. The van der Waals surface area contributed by atoms with E-state index in [4.69, 9.17) is 0 Å². The normalized spacial score (nSPS) is 18.9. The maximum atomic E-state index is 11.7. The minimum Gasteiger partial charge on any atom is -0.345 e. The molecule has 0 radical (unpaired) electrons. The summed E-state index contributed by atoms with van der Waals surface area (Å²) in [5.41, 5.74) is 1.09. The molecule has 0 saturated carbocycles. The van der Waals surface area contributed by atoms with Gasteiger partial charge in [0.15, 0.2) is 0 Å². The zero-order chi connectivity index (χ0) is 13.0. The molecule has 0 unspecified atom stereocenters. The van der Waals surface area contributed by atoms with E-state index in [1.807, 2.05) is 19.1 Å². The Balaban J connectivity index is 1.78. The first-order valence-electron chi connectivity index (χ1n) is 5.66. The third-order valence-electron chi connectivity index (χ3n) is 2.51. The number of hydrogen-bond donors (Lipinski definition) is 1. The molecule has 1 aromatic heterocycles. The van der Waals surface area contributed by atoms with Gasteiger partial charge in [0, 0.05) is 11.9 Å². The predicted molar refractivity (Wildman–Crippen MR) is 73.7 cm³/mol. The second kappa shape index (κ2) is 6.24. The van der Waals surface area contributed by atoms with Crippen molar-refractivity contribution in [2.45, 2.75) is 24.4 Å². The van der Waals surface area contributed by atoms with Crippen molar-refractivity contribution in [2.75, 3.05) is 11.5 Å². The molecule has 1 aromatic rings. The molecule has 0 aliphatic carbocycles. The standard InChI is InChI=1S/C12H14N2O2S2/c1-8-2-3-11(13-6-8)18-7-10(15)14-9-4-5-17-12(9)16/h2-3,6,9H,4-5,7H2,1H3,(H,14,15)/t9-/m0/s1. The van der Waals surface area contributed by atoms with Crippen LogP contribution in [0, 0.1) is 6.92 Å². The van der Waals surface area contributed by atoms with Crippen LogP contribution in [0.25, 0.3) is 0 Å². The number of nitrogens with one attached hydrogen (secondary N) is 1. The molecule has 1 atom stereocenters. The Morgan fingerprint density at radius 1 is 1.61 bits per heavy atom. The van der Waals surface area contributed by atoms with Gasteiger partial charge in [-0.2, -0.15) is 0 Å². The molecule has 1 amide bonds. The number of aromatic nitrogens is 1. The van der Waals surface area contributed by atoms with Crippen LogP contribution < -0.4 is 5.32 Å². The van der Waals surface area contributed by atoms with Gasteiger partial charge < -0.3 is 5.32 Å². The van der Waals surface area contributed by atoms with E-state index in [0.717, 1.165) is 22.8 Å². The lowest BCUT2D eigenvalue weighted by molar-refractivity contribution is -0.122. The fourth-order valence-corrected chi connectivity index (χ4v) is 3.13. The lowest BCUT2D eigenvalue weighted by atomic mass is 10.2. The molecule has 1 fully saturated rings. The number of thioether (sulfide) groups is 2. The van der Waals surface area contributed by atoms with Gasteiger partial charge in [-0.3, -0.25) is 9.59 Å². The highest BCUT2D eigenvalue weighted by Gasteiger charge is 2.26. The highest BCUT2D eigenvalue weighted by Crippen LogP contribution is 2.20. The van der Waals surface area contributed by atoms with Gasteiger partial charge in [0.25, 0.3) is 0 Å². The number of hydrogen-bond acceptors (Lipinski definition) is 5. The van der Waals surface area contributed by atoms with Crippen LogP contribution in [0.1, 0.15) is 12.0 Å². The number of pyridine rings is 1. The lowest BCUT2D eigenvalue weighted by Gasteiger charge is -2.09. The third kappa shape index (κ3) is 3.74. The first-order chi connectivity index (χ1) is 8.65. The van der Waals surface area contributed by atoms with Gasteiger partial charge in [-0.05, 0) is 25.0 Å². The molecule has 1 saturated heterocycles. The molecular weight excluding hydrogens is 268 g/mol. The maximum absolute atomic E-state index is 11.7. The second-order valence-corrected chi connectivity index (χ2v) is 6.13. The number of carbonyl (C=O) groups excluding carboxylic acids is 2.